The van der Waals surface area contributed by atoms with E-state index in [0.29, 0.717) is 12.3 Å². The molecule has 0 saturated carbocycles. The summed E-state index contributed by atoms with van der Waals surface area (Å²) in [4.78, 5) is 14.4. The van der Waals surface area contributed by atoms with E-state index in [0.717, 1.165) is 16.7 Å². The number of hydrogen-bond donors (Lipinski definition) is 1. The van der Waals surface area contributed by atoms with E-state index in [1.54, 1.807) is 18.2 Å². The minimum absolute atomic E-state index is 0.0852. The first kappa shape index (κ1) is 18.8. The van der Waals surface area contributed by atoms with Crippen molar-refractivity contribution in [2.24, 2.45) is 0 Å². The zero-order chi connectivity index (χ0) is 19.4. The van der Waals surface area contributed by atoms with Gasteiger partial charge in [0.05, 0.1) is 6.04 Å². The van der Waals surface area contributed by atoms with Crippen LogP contribution in [0.4, 0.5) is 4.39 Å². The van der Waals surface area contributed by atoms with Crippen LogP contribution in [-0.4, -0.2) is 36.6 Å². The fourth-order valence-corrected chi connectivity index (χ4v) is 2.80. The average molecular weight is 367 g/mol. The number of benzene rings is 2. The molecule has 0 saturated heterocycles. The van der Waals surface area contributed by atoms with Crippen LogP contribution in [0.5, 0.6) is 0 Å². The molecule has 140 valence electrons. The molecule has 0 spiro atoms. The van der Waals surface area contributed by atoms with Crippen molar-refractivity contribution in [3.8, 4) is 11.3 Å². The first-order valence-electron chi connectivity index (χ1n) is 8.68. The first-order valence-corrected chi connectivity index (χ1v) is 8.68. The molecule has 0 aliphatic rings. The summed E-state index contributed by atoms with van der Waals surface area (Å²) in [7, 11) is 3.82. The quantitative estimate of drug-likeness (QED) is 0.720. The molecular formula is C21H22FN3O2. The maximum Gasteiger partial charge on any atom is 0.273 e. The molecule has 3 rings (SSSR count). The van der Waals surface area contributed by atoms with Gasteiger partial charge in [-0.25, -0.2) is 4.39 Å². The van der Waals surface area contributed by atoms with Crippen LogP contribution in [0.1, 0.15) is 27.7 Å². The van der Waals surface area contributed by atoms with Crippen molar-refractivity contribution in [3.05, 3.63) is 77.2 Å². The normalized spacial score (nSPS) is 12.2. The molecule has 5 nitrogen and oxygen atoms in total. The van der Waals surface area contributed by atoms with E-state index in [9.17, 15) is 9.18 Å². The maximum atomic E-state index is 13.1. The third kappa shape index (κ3) is 4.60. The minimum Gasteiger partial charge on any atom is -0.355 e. The number of nitrogens with one attached hydrogen (secondary N) is 1. The topological polar surface area (TPSA) is 58.4 Å². The van der Waals surface area contributed by atoms with Crippen molar-refractivity contribution in [2.45, 2.75) is 13.0 Å². The zero-order valence-electron chi connectivity index (χ0n) is 15.6. The Morgan fingerprint density at radius 2 is 1.81 bits per heavy atom. The van der Waals surface area contributed by atoms with E-state index < -0.39 is 0 Å². The summed E-state index contributed by atoms with van der Waals surface area (Å²) in [5, 5.41) is 6.74. The number of carbonyl (C=O) groups excluding carboxylic acids is 1. The van der Waals surface area contributed by atoms with Crippen LogP contribution >= 0.6 is 0 Å². The standard InChI is InChI=1S/C21H22FN3O2/c1-14-4-6-16(7-5-14)20-12-18(24-27-20)21(26)23-13-19(25(2)3)15-8-10-17(22)11-9-15/h4-12,19H,13H2,1-3H3,(H,23,26). The summed E-state index contributed by atoms with van der Waals surface area (Å²) >= 11 is 0. The molecule has 3 aromatic rings. The van der Waals surface area contributed by atoms with Crippen molar-refractivity contribution in [1.82, 2.24) is 15.4 Å². The fourth-order valence-electron chi connectivity index (χ4n) is 2.80. The predicted octanol–water partition coefficient (Wildman–Crippen LogP) is 3.82. The lowest BCUT2D eigenvalue weighted by Gasteiger charge is -2.25. The van der Waals surface area contributed by atoms with Crippen LogP contribution in [0.25, 0.3) is 11.3 Å². The molecule has 1 N–H and O–H groups in total. The molecule has 0 aliphatic heterocycles. The Kier molecular flexibility index (Phi) is 5.66. The Hall–Kier alpha value is -2.99. The number of likely N-dealkylation sites (N-methyl/N-ethyl adjacent to an activating group) is 1. The van der Waals surface area contributed by atoms with E-state index in [1.165, 1.54) is 12.1 Å². The van der Waals surface area contributed by atoms with Gasteiger partial charge < -0.3 is 14.7 Å². The van der Waals surface area contributed by atoms with Crippen molar-refractivity contribution in [2.75, 3.05) is 20.6 Å². The van der Waals surface area contributed by atoms with Crippen molar-refractivity contribution in [3.63, 3.8) is 0 Å². The highest BCUT2D eigenvalue weighted by Gasteiger charge is 2.18. The van der Waals surface area contributed by atoms with Crippen LogP contribution in [0.3, 0.4) is 0 Å². The molecule has 1 amide bonds. The van der Waals surface area contributed by atoms with E-state index in [1.807, 2.05) is 50.2 Å². The molecule has 0 fully saturated rings. The van der Waals surface area contributed by atoms with Crippen LogP contribution < -0.4 is 5.32 Å². The number of halogens is 1. The number of aromatic nitrogens is 1. The molecule has 27 heavy (non-hydrogen) atoms. The Morgan fingerprint density at radius 1 is 1.15 bits per heavy atom. The lowest BCUT2D eigenvalue weighted by molar-refractivity contribution is 0.0933. The highest BCUT2D eigenvalue weighted by molar-refractivity contribution is 5.93. The van der Waals surface area contributed by atoms with Gasteiger partial charge in [0.15, 0.2) is 11.5 Å². The summed E-state index contributed by atoms with van der Waals surface area (Å²) in [6.07, 6.45) is 0. The Bertz CT molecular complexity index is 902. The van der Waals surface area contributed by atoms with Crippen LogP contribution in [0.15, 0.2) is 59.1 Å². The fraction of sp³-hybridized carbons (Fsp3) is 0.238. The second-order valence-corrected chi connectivity index (χ2v) is 6.68. The lowest BCUT2D eigenvalue weighted by Crippen LogP contribution is -2.34. The summed E-state index contributed by atoms with van der Waals surface area (Å²) in [6, 6.07) is 15.6. The molecule has 6 heteroatoms. The van der Waals surface area contributed by atoms with Gasteiger partial charge in [0.2, 0.25) is 0 Å². The third-order valence-corrected chi connectivity index (χ3v) is 4.41. The smallest absolute Gasteiger partial charge is 0.273 e. The zero-order valence-corrected chi connectivity index (χ0v) is 15.6. The molecule has 1 heterocycles. The van der Waals surface area contributed by atoms with Gasteiger partial charge in [0.25, 0.3) is 5.91 Å². The Morgan fingerprint density at radius 3 is 2.44 bits per heavy atom. The van der Waals surface area contributed by atoms with Crippen molar-refractivity contribution in [1.29, 1.82) is 0 Å². The monoisotopic (exact) mass is 367 g/mol. The predicted molar refractivity (Wildman–Crippen MR) is 102 cm³/mol. The Balaban J connectivity index is 1.67. The SMILES string of the molecule is Cc1ccc(-c2cc(C(=O)NCC(c3ccc(F)cc3)N(C)C)no2)cc1. The molecule has 0 radical (unpaired) electrons. The van der Waals surface area contributed by atoms with Gasteiger partial charge in [0.1, 0.15) is 5.82 Å². The molecule has 0 aliphatic carbocycles. The summed E-state index contributed by atoms with van der Waals surface area (Å²) < 4.78 is 18.4. The first-order chi connectivity index (χ1) is 12.9. The van der Waals surface area contributed by atoms with E-state index in [2.05, 4.69) is 10.5 Å². The average Bonchev–Trinajstić information content (AvgIpc) is 3.14. The second kappa shape index (κ2) is 8.14. The molecule has 0 bridgehead atoms. The summed E-state index contributed by atoms with van der Waals surface area (Å²) in [5.41, 5.74) is 3.15. The number of rotatable bonds is 6. The van der Waals surface area contributed by atoms with Gasteiger partial charge in [0, 0.05) is 18.2 Å². The van der Waals surface area contributed by atoms with Gasteiger partial charge >= 0.3 is 0 Å². The number of aryl methyl sites for hydroxylation is 1. The highest BCUT2D eigenvalue weighted by atomic mass is 19.1. The summed E-state index contributed by atoms with van der Waals surface area (Å²) in [5.74, 6) is -0.0551. The van der Waals surface area contributed by atoms with Crippen LogP contribution in [0, 0.1) is 12.7 Å². The summed E-state index contributed by atoms with van der Waals surface area (Å²) in [6.45, 7) is 2.37. The van der Waals surface area contributed by atoms with Gasteiger partial charge in [-0.15, -0.1) is 0 Å². The Labute approximate surface area is 157 Å². The molecule has 1 aromatic heterocycles. The van der Waals surface area contributed by atoms with Gasteiger partial charge in [-0.1, -0.05) is 47.1 Å². The van der Waals surface area contributed by atoms with Gasteiger partial charge in [-0.05, 0) is 38.7 Å². The number of nitrogens with zero attached hydrogens (tertiary/aromatic N) is 2. The van der Waals surface area contributed by atoms with Crippen LogP contribution in [-0.2, 0) is 0 Å². The van der Waals surface area contributed by atoms with E-state index in [4.69, 9.17) is 4.52 Å². The largest absolute Gasteiger partial charge is 0.355 e. The number of carbonyl (C=O) groups is 1. The molecule has 1 unspecified atom stereocenters. The van der Waals surface area contributed by atoms with Gasteiger partial charge in [-0.2, -0.15) is 0 Å². The van der Waals surface area contributed by atoms with Crippen LogP contribution in [0.2, 0.25) is 0 Å². The molecular weight excluding hydrogens is 345 g/mol. The van der Waals surface area contributed by atoms with E-state index >= 15 is 0 Å². The lowest BCUT2D eigenvalue weighted by atomic mass is 10.1. The maximum absolute atomic E-state index is 13.1. The molecule has 1 atom stereocenters. The minimum atomic E-state index is -0.314. The van der Waals surface area contributed by atoms with Crippen molar-refractivity contribution < 1.29 is 13.7 Å². The van der Waals surface area contributed by atoms with Crippen molar-refractivity contribution >= 4 is 5.91 Å². The third-order valence-electron chi connectivity index (χ3n) is 4.41. The van der Waals surface area contributed by atoms with E-state index in [-0.39, 0.29) is 23.5 Å². The highest BCUT2D eigenvalue weighted by Crippen LogP contribution is 2.21. The number of hydrogen-bond acceptors (Lipinski definition) is 4. The second-order valence-electron chi connectivity index (χ2n) is 6.68. The van der Waals surface area contributed by atoms with Gasteiger partial charge in [-0.3, -0.25) is 4.79 Å². The molecule has 2 aromatic carbocycles. The number of amides is 1.